The van der Waals surface area contributed by atoms with Crippen LogP contribution in [0.3, 0.4) is 0 Å². The molecule has 0 spiro atoms. The molecular weight excluding hydrogens is 821 g/mol. The van der Waals surface area contributed by atoms with E-state index in [2.05, 4.69) is 0 Å². The van der Waals surface area contributed by atoms with E-state index in [0.29, 0.717) is 22.3 Å². The van der Waals surface area contributed by atoms with Crippen LogP contribution >= 0.6 is 0 Å². The molecule has 0 amide bonds. The number of ether oxygens (including phenoxy) is 2. The van der Waals surface area contributed by atoms with Crippen molar-refractivity contribution in [3.05, 3.63) is 142 Å². The predicted octanol–water partition coefficient (Wildman–Crippen LogP) is 5.33. The first-order valence-electron chi connectivity index (χ1n) is 20.8. The minimum Gasteiger partial charge on any atom is -0.456 e. The third kappa shape index (κ3) is 13.2. The summed E-state index contributed by atoms with van der Waals surface area (Å²) in [6.45, 7) is 11.1. The van der Waals surface area contributed by atoms with E-state index >= 15 is 0 Å². The molecule has 64 heavy (non-hydrogen) atoms. The van der Waals surface area contributed by atoms with Gasteiger partial charge in [-0.25, -0.2) is 9.59 Å². The maximum absolute atomic E-state index is 12.8. The maximum atomic E-state index is 12.8. The fourth-order valence-electron chi connectivity index (χ4n) is 7.02. The largest absolute Gasteiger partial charge is 0.456 e. The fraction of sp³-hybridized carbons (Fsp3) is 0.400. The highest BCUT2D eigenvalue weighted by Crippen LogP contribution is 2.31. The summed E-state index contributed by atoms with van der Waals surface area (Å²) in [4.78, 5) is 80.3. The number of aliphatic hydroxyl groups is 4. The van der Waals surface area contributed by atoms with E-state index < -0.39 is 69.6 Å². The lowest BCUT2D eigenvalue weighted by atomic mass is 9.91. The Hall–Kier alpha value is -5.74. The summed E-state index contributed by atoms with van der Waals surface area (Å²) in [7, 11) is 3.54. The molecule has 4 aromatic carbocycles. The van der Waals surface area contributed by atoms with E-state index in [9.17, 15) is 49.2 Å². The molecule has 0 aliphatic rings. The van der Waals surface area contributed by atoms with Crippen LogP contribution in [0.1, 0.15) is 131 Å². The van der Waals surface area contributed by atoms with E-state index in [1.807, 2.05) is 9.80 Å². The van der Waals surface area contributed by atoms with E-state index in [0.717, 1.165) is 22.3 Å². The van der Waals surface area contributed by atoms with Gasteiger partial charge in [0.2, 0.25) is 0 Å². The molecule has 0 aliphatic carbocycles. The van der Waals surface area contributed by atoms with Crippen LogP contribution in [-0.2, 0) is 19.1 Å². The highest BCUT2D eigenvalue weighted by atomic mass is 16.6. The number of esters is 2. The van der Waals surface area contributed by atoms with Crippen molar-refractivity contribution in [2.45, 2.75) is 89.9 Å². The van der Waals surface area contributed by atoms with Gasteiger partial charge in [0.1, 0.15) is 35.6 Å². The minimum absolute atomic E-state index is 0.142. The smallest absolute Gasteiger partial charge is 0.417 e. The van der Waals surface area contributed by atoms with Gasteiger partial charge in [0.05, 0.1) is 12.1 Å². The molecular formula is C50H60N2O12. The number of carbonyl (C=O) groups excluding carboxylic acids is 6. The summed E-state index contributed by atoms with van der Waals surface area (Å²) in [6.07, 6.45) is 0. The molecule has 4 aromatic rings. The number of nitrogens with zero attached hydrogens (tertiary/aromatic N) is 2. The Morgan fingerprint density at radius 1 is 0.406 bits per heavy atom. The Morgan fingerprint density at radius 2 is 0.594 bits per heavy atom. The van der Waals surface area contributed by atoms with Crippen molar-refractivity contribution in [1.29, 1.82) is 0 Å². The second-order valence-corrected chi connectivity index (χ2v) is 18.1. The number of hydrogen-bond donors (Lipinski definition) is 4. The lowest BCUT2D eigenvalue weighted by molar-refractivity contribution is -0.168. The van der Waals surface area contributed by atoms with E-state index in [1.54, 1.807) is 111 Å². The molecule has 4 rings (SSSR count). The topological polar surface area (TPSA) is 208 Å². The van der Waals surface area contributed by atoms with Crippen LogP contribution in [0, 0.1) is 0 Å². The standard InChI is InChI=1S/C50H60N2O12/c1-47(2,59)41(53)35-19-11-31(12-20-35)39(32-13-21-36(22-14-32)42(54)48(3,4)60)51(9)27-29-63-45(57)46(58)64-30-28-52(10)40(33-15-23-37(24-16-33)43(55)49(5,6)61)34-17-25-38(26-18-34)44(56)50(7,8)62/h11-26,39-40,59-62H,27-30H2,1-10H3. The summed E-state index contributed by atoms with van der Waals surface area (Å²) in [5, 5.41) is 41.0. The Morgan fingerprint density at radius 3 is 0.766 bits per heavy atom. The van der Waals surface area contributed by atoms with Gasteiger partial charge in [-0.3, -0.25) is 29.0 Å². The molecule has 14 heteroatoms. The van der Waals surface area contributed by atoms with Gasteiger partial charge in [-0.1, -0.05) is 97.1 Å². The molecule has 342 valence electrons. The molecule has 0 fully saturated rings. The van der Waals surface area contributed by atoms with Crippen LogP contribution in [-0.4, -0.2) is 128 Å². The normalized spacial score (nSPS) is 12.5. The molecule has 0 aliphatic heterocycles. The Balaban J connectivity index is 1.44. The Kier molecular flexibility index (Phi) is 16.2. The minimum atomic E-state index is -1.57. The zero-order chi connectivity index (χ0) is 47.9. The maximum Gasteiger partial charge on any atom is 0.417 e. The number of likely N-dealkylation sites (N-methyl/N-ethyl adjacent to an activating group) is 2. The Bertz CT molecular complexity index is 1990. The lowest BCUT2D eigenvalue weighted by Crippen LogP contribution is -2.33. The zero-order valence-electron chi connectivity index (χ0n) is 38.2. The van der Waals surface area contributed by atoms with Gasteiger partial charge in [-0.2, -0.15) is 0 Å². The van der Waals surface area contributed by atoms with E-state index in [-0.39, 0.29) is 26.3 Å². The van der Waals surface area contributed by atoms with Crippen LogP contribution in [0.2, 0.25) is 0 Å². The van der Waals surface area contributed by atoms with Gasteiger partial charge in [-0.15, -0.1) is 0 Å². The predicted molar refractivity (Wildman–Crippen MR) is 239 cm³/mol. The SMILES string of the molecule is CN(CCOC(=O)C(=O)OCCN(C)C(c1ccc(C(=O)C(C)(C)O)cc1)c1ccc(C(=O)C(C)(C)O)cc1)C(c1ccc(C(=O)C(C)(C)O)cc1)c1ccc(C(=O)C(C)(C)O)cc1. The van der Waals surface area contributed by atoms with Crippen LogP contribution in [0.4, 0.5) is 0 Å². The van der Waals surface area contributed by atoms with Crippen LogP contribution in [0.25, 0.3) is 0 Å². The highest BCUT2D eigenvalue weighted by molar-refractivity contribution is 6.29. The summed E-state index contributed by atoms with van der Waals surface area (Å²) in [5.41, 5.74) is -2.11. The summed E-state index contributed by atoms with van der Waals surface area (Å²) in [6, 6.07) is 25.8. The zero-order valence-corrected chi connectivity index (χ0v) is 38.2. The van der Waals surface area contributed by atoms with E-state index in [4.69, 9.17) is 9.47 Å². The number of ketones is 4. The van der Waals surface area contributed by atoms with Crippen molar-refractivity contribution in [3.63, 3.8) is 0 Å². The van der Waals surface area contributed by atoms with Crippen molar-refractivity contribution < 1.29 is 58.7 Å². The van der Waals surface area contributed by atoms with Gasteiger partial charge in [0.25, 0.3) is 0 Å². The summed E-state index contributed by atoms with van der Waals surface area (Å²) >= 11 is 0. The quantitative estimate of drug-likeness (QED) is 0.0503. The summed E-state index contributed by atoms with van der Waals surface area (Å²) in [5.74, 6) is -4.22. The highest BCUT2D eigenvalue weighted by Gasteiger charge is 2.30. The molecule has 0 bridgehead atoms. The summed E-state index contributed by atoms with van der Waals surface area (Å²) < 4.78 is 10.6. The van der Waals surface area contributed by atoms with Crippen LogP contribution in [0.15, 0.2) is 97.1 Å². The second kappa shape index (κ2) is 20.4. The van der Waals surface area contributed by atoms with Gasteiger partial charge >= 0.3 is 11.9 Å². The first kappa shape index (κ1) is 50.9. The molecule has 4 N–H and O–H groups in total. The van der Waals surface area contributed by atoms with Crippen molar-refractivity contribution >= 4 is 35.1 Å². The third-order valence-electron chi connectivity index (χ3n) is 10.6. The monoisotopic (exact) mass is 880 g/mol. The fourth-order valence-corrected chi connectivity index (χ4v) is 7.02. The second-order valence-electron chi connectivity index (χ2n) is 18.1. The molecule has 14 nitrogen and oxygen atoms in total. The number of benzene rings is 4. The first-order chi connectivity index (χ1) is 29.6. The molecule has 0 atom stereocenters. The van der Waals surface area contributed by atoms with Gasteiger partial charge in [0.15, 0.2) is 23.1 Å². The number of hydrogen-bond acceptors (Lipinski definition) is 14. The van der Waals surface area contributed by atoms with Crippen LogP contribution in [0.5, 0.6) is 0 Å². The Labute approximate surface area is 374 Å². The van der Waals surface area contributed by atoms with Gasteiger partial charge in [0, 0.05) is 35.3 Å². The van der Waals surface area contributed by atoms with Crippen molar-refractivity contribution in [1.82, 2.24) is 9.80 Å². The average molecular weight is 881 g/mol. The van der Waals surface area contributed by atoms with Crippen LogP contribution < -0.4 is 0 Å². The average Bonchev–Trinajstić information content (AvgIpc) is 3.22. The molecule has 0 saturated heterocycles. The van der Waals surface area contributed by atoms with Gasteiger partial charge in [-0.05, 0) is 91.7 Å². The number of Topliss-reactive ketones (excluding diaryl/α,β-unsaturated/α-hetero) is 4. The third-order valence-corrected chi connectivity index (χ3v) is 10.6. The molecule has 0 unspecified atom stereocenters. The van der Waals surface area contributed by atoms with Crippen molar-refractivity contribution in [3.8, 4) is 0 Å². The molecule has 0 heterocycles. The number of carbonyl (C=O) groups is 6. The van der Waals surface area contributed by atoms with E-state index in [1.165, 1.54) is 55.4 Å². The van der Waals surface area contributed by atoms with Crippen molar-refractivity contribution in [2.75, 3.05) is 40.4 Å². The lowest BCUT2D eigenvalue weighted by Gasteiger charge is -2.29. The van der Waals surface area contributed by atoms with Gasteiger partial charge < -0.3 is 29.9 Å². The first-order valence-corrected chi connectivity index (χ1v) is 20.8. The molecule has 0 aromatic heterocycles. The molecule has 0 saturated carbocycles. The number of rotatable bonds is 20. The molecule has 0 radical (unpaired) electrons. The van der Waals surface area contributed by atoms with Crippen molar-refractivity contribution in [2.24, 2.45) is 0 Å².